The molecule has 0 saturated heterocycles. The molecule has 0 aliphatic carbocycles. The molecule has 0 amide bonds. The van der Waals surface area contributed by atoms with Crippen LogP contribution in [0.25, 0.3) is 0 Å². The summed E-state index contributed by atoms with van der Waals surface area (Å²) in [6.45, 7) is 1.79. The summed E-state index contributed by atoms with van der Waals surface area (Å²) in [4.78, 5) is 2.74. The molecular formula is C6H6Br3NO2S. The van der Waals surface area contributed by atoms with Crippen molar-refractivity contribution in [2.24, 2.45) is 0 Å². The van der Waals surface area contributed by atoms with Gasteiger partial charge in [0.25, 0.3) is 0 Å². The standard InChI is InChI=1S/C6H6Br3NO2S/c1-4-2-3-5(10-4)13(11,12)6(7,8)9/h2-3,10H,1H3. The Kier molecular flexibility index (Phi) is 3.32. The quantitative estimate of drug-likeness (QED) is 0.743. The van der Waals surface area contributed by atoms with E-state index in [9.17, 15) is 8.42 Å². The fourth-order valence-corrected chi connectivity index (χ4v) is 3.12. The summed E-state index contributed by atoms with van der Waals surface area (Å²) in [5.41, 5.74) is 0.801. The highest BCUT2D eigenvalue weighted by molar-refractivity contribution is 9.42. The van der Waals surface area contributed by atoms with Gasteiger partial charge in [0.2, 0.25) is 11.3 Å². The lowest BCUT2D eigenvalue weighted by molar-refractivity contribution is 0.595. The second kappa shape index (κ2) is 3.67. The summed E-state index contributed by atoms with van der Waals surface area (Å²) >= 11 is 8.91. The lowest BCUT2D eigenvalue weighted by Gasteiger charge is -2.11. The number of nitrogens with one attached hydrogen (secondary N) is 1. The maximum absolute atomic E-state index is 11.7. The van der Waals surface area contributed by atoms with Crippen molar-refractivity contribution in [1.29, 1.82) is 0 Å². The number of sulfone groups is 1. The summed E-state index contributed by atoms with van der Waals surface area (Å²) in [5.74, 6) is 0. The number of hydrogen-bond donors (Lipinski definition) is 1. The highest BCUT2D eigenvalue weighted by Gasteiger charge is 2.38. The van der Waals surface area contributed by atoms with Crippen LogP contribution in [0.5, 0.6) is 0 Å². The Morgan fingerprint density at radius 1 is 1.31 bits per heavy atom. The van der Waals surface area contributed by atoms with E-state index in [0.29, 0.717) is 0 Å². The number of hydrogen-bond acceptors (Lipinski definition) is 2. The van der Waals surface area contributed by atoms with E-state index in [4.69, 9.17) is 0 Å². The van der Waals surface area contributed by atoms with Crippen LogP contribution < -0.4 is 0 Å². The van der Waals surface area contributed by atoms with Gasteiger partial charge in [-0.2, -0.15) is 0 Å². The Balaban J connectivity index is 3.24. The Labute approximate surface area is 102 Å². The minimum Gasteiger partial charge on any atom is -0.350 e. The molecule has 0 aliphatic rings. The molecular weight excluding hydrogens is 390 g/mol. The number of H-pyrrole nitrogens is 1. The van der Waals surface area contributed by atoms with Crippen LogP contribution in [0.15, 0.2) is 17.2 Å². The lowest BCUT2D eigenvalue weighted by atomic mass is 10.5. The zero-order valence-corrected chi connectivity index (χ0v) is 12.1. The minimum absolute atomic E-state index is 0.163. The van der Waals surface area contributed by atoms with E-state index in [2.05, 4.69) is 52.8 Å². The van der Waals surface area contributed by atoms with E-state index in [1.54, 1.807) is 13.0 Å². The van der Waals surface area contributed by atoms with Gasteiger partial charge in [-0.1, -0.05) is 0 Å². The van der Waals surface area contributed by atoms with Crippen LogP contribution in [0.4, 0.5) is 0 Å². The first-order chi connectivity index (χ1) is 5.75. The van der Waals surface area contributed by atoms with E-state index in [1.165, 1.54) is 6.07 Å². The van der Waals surface area contributed by atoms with Crippen LogP contribution in [-0.2, 0) is 9.84 Å². The molecule has 0 spiro atoms. The second-order valence-electron chi connectivity index (χ2n) is 2.45. The molecule has 1 aromatic heterocycles. The minimum atomic E-state index is -3.46. The predicted molar refractivity (Wildman–Crippen MR) is 62.2 cm³/mol. The third-order valence-electron chi connectivity index (χ3n) is 1.40. The fourth-order valence-electron chi connectivity index (χ4n) is 0.760. The van der Waals surface area contributed by atoms with Gasteiger partial charge in [0.1, 0.15) is 5.03 Å². The summed E-state index contributed by atoms with van der Waals surface area (Å²) < 4.78 is 22.1. The molecule has 74 valence electrons. The van der Waals surface area contributed by atoms with Gasteiger partial charge in [0, 0.05) is 5.69 Å². The van der Waals surface area contributed by atoms with Crippen molar-refractivity contribution in [3.63, 3.8) is 0 Å². The largest absolute Gasteiger partial charge is 0.350 e. The second-order valence-corrected chi connectivity index (χ2v) is 12.8. The number of halogens is 3. The van der Waals surface area contributed by atoms with Crippen LogP contribution in [0, 0.1) is 6.92 Å². The van der Waals surface area contributed by atoms with E-state index in [1.807, 2.05) is 0 Å². The van der Waals surface area contributed by atoms with Crippen LogP contribution in [0.2, 0.25) is 0 Å². The van der Waals surface area contributed by atoms with Crippen LogP contribution in [0.1, 0.15) is 5.69 Å². The molecule has 3 nitrogen and oxygen atoms in total. The highest BCUT2D eigenvalue weighted by Crippen LogP contribution is 2.42. The summed E-state index contributed by atoms with van der Waals surface area (Å²) in [7, 11) is -3.46. The average Bonchev–Trinajstić information content (AvgIpc) is 2.33. The number of aryl methyl sites for hydroxylation is 1. The van der Waals surface area contributed by atoms with Crippen LogP contribution in [-0.4, -0.2) is 14.9 Å². The van der Waals surface area contributed by atoms with Gasteiger partial charge in [-0.25, -0.2) is 8.42 Å². The van der Waals surface area contributed by atoms with Crippen molar-refractivity contribution >= 4 is 57.6 Å². The fraction of sp³-hybridized carbons (Fsp3) is 0.333. The summed E-state index contributed by atoms with van der Waals surface area (Å²) in [5, 5.41) is 0.163. The van der Waals surface area contributed by atoms with Crippen molar-refractivity contribution in [3.8, 4) is 0 Å². The van der Waals surface area contributed by atoms with Crippen molar-refractivity contribution in [1.82, 2.24) is 4.98 Å². The van der Waals surface area contributed by atoms with Gasteiger partial charge in [0.15, 0.2) is 0 Å². The van der Waals surface area contributed by atoms with Gasteiger partial charge in [-0.15, -0.1) is 0 Å². The van der Waals surface area contributed by atoms with Gasteiger partial charge in [-0.05, 0) is 66.8 Å². The van der Waals surface area contributed by atoms with Crippen LogP contribution in [0.3, 0.4) is 0 Å². The van der Waals surface area contributed by atoms with Gasteiger partial charge in [-0.3, -0.25) is 0 Å². The summed E-state index contributed by atoms with van der Waals surface area (Å²) in [6.07, 6.45) is 0. The number of aromatic nitrogens is 1. The number of alkyl halides is 3. The highest BCUT2D eigenvalue weighted by atomic mass is 80.0. The van der Waals surface area contributed by atoms with Gasteiger partial charge < -0.3 is 4.98 Å². The molecule has 1 rings (SSSR count). The van der Waals surface area contributed by atoms with Crippen molar-refractivity contribution in [2.75, 3.05) is 0 Å². The lowest BCUT2D eigenvalue weighted by Crippen LogP contribution is -2.18. The van der Waals surface area contributed by atoms with Gasteiger partial charge in [0.05, 0.1) is 0 Å². The first kappa shape index (κ1) is 11.7. The number of rotatable bonds is 1. The third kappa shape index (κ3) is 2.37. The van der Waals surface area contributed by atoms with Gasteiger partial charge >= 0.3 is 0 Å². The predicted octanol–water partition coefficient (Wildman–Crippen LogP) is 2.89. The van der Waals surface area contributed by atoms with Crippen molar-refractivity contribution < 1.29 is 8.42 Å². The molecule has 1 aromatic rings. The first-order valence-corrected chi connectivity index (χ1v) is 7.08. The third-order valence-corrected chi connectivity index (χ3v) is 6.66. The molecule has 0 bridgehead atoms. The van der Waals surface area contributed by atoms with E-state index < -0.39 is 11.3 Å². The zero-order valence-electron chi connectivity index (χ0n) is 6.51. The molecule has 7 heteroatoms. The molecule has 0 saturated carbocycles. The topological polar surface area (TPSA) is 49.9 Å². The Morgan fingerprint density at radius 3 is 2.15 bits per heavy atom. The maximum Gasteiger partial charge on any atom is 0.240 e. The maximum atomic E-state index is 11.7. The molecule has 0 atom stereocenters. The molecule has 0 unspecified atom stereocenters. The molecule has 0 aliphatic heterocycles. The molecule has 1 heterocycles. The molecule has 13 heavy (non-hydrogen) atoms. The molecule has 0 fully saturated rings. The molecule has 0 aromatic carbocycles. The monoisotopic (exact) mass is 393 g/mol. The molecule has 0 radical (unpaired) electrons. The Bertz CT molecular complexity index is 404. The SMILES string of the molecule is Cc1ccc(S(=O)(=O)C(Br)(Br)Br)[nH]1. The van der Waals surface area contributed by atoms with E-state index in [0.717, 1.165) is 5.69 Å². The van der Waals surface area contributed by atoms with E-state index in [-0.39, 0.29) is 5.03 Å². The summed E-state index contributed by atoms with van der Waals surface area (Å²) in [6, 6.07) is 3.22. The smallest absolute Gasteiger partial charge is 0.240 e. The first-order valence-electron chi connectivity index (χ1n) is 3.22. The Morgan fingerprint density at radius 2 is 1.85 bits per heavy atom. The van der Waals surface area contributed by atoms with Crippen molar-refractivity contribution in [3.05, 3.63) is 17.8 Å². The number of aromatic amines is 1. The zero-order chi connectivity index (χ0) is 10.3. The van der Waals surface area contributed by atoms with E-state index >= 15 is 0 Å². The average molecular weight is 396 g/mol. The Hall–Kier alpha value is 0.670. The normalized spacial score (nSPS) is 13.2. The van der Waals surface area contributed by atoms with Crippen molar-refractivity contribution in [2.45, 2.75) is 13.4 Å². The van der Waals surface area contributed by atoms with Crippen LogP contribution >= 0.6 is 47.8 Å². The molecule has 1 N–H and O–H groups in total.